The van der Waals surface area contributed by atoms with Gasteiger partial charge in [-0.1, -0.05) is 25.7 Å². The molecular formula is C15H26N2OS. The SMILES string of the molecule is CCOC1(C(N)Cc2nc(C)cs2)CCCCCC1. The molecule has 4 heteroatoms. The molecule has 1 aromatic rings. The quantitative estimate of drug-likeness (QED) is 0.841. The molecule has 108 valence electrons. The smallest absolute Gasteiger partial charge is 0.0944 e. The van der Waals surface area contributed by atoms with Gasteiger partial charge in [0.15, 0.2) is 0 Å². The van der Waals surface area contributed by atoms with Crippen molar-refractivity contribution in [2.24, 2.45) is 5.73 Å². The number of thiazole rings is 1. The van der Waals surface area contributed by atoms with Gasteiger partial charge in [-0.25, -0.2) is 4.98 Å². The van der Waals surface area contributed by atoms with Crippen LogP contribution in [0.5, 0.6) is 0 Å². The van der Waals surface area contributed by atoms with Gasteiger partial charge in [0.2, 0.25) is 0 Å². The molecule has 1 heterocycles. The molecule has 1 atom stereocenters. The first kappa shape index (κ1) is 14.9. The van der Waals surface area contributed by atoms with Gasteiger partial charge in [-0.3, -0.25) is 0 Å². The molecule has 1 fully saturated rings. The molecule has 0 aromatic carbocycles. The Morgan fingerprint density at radius 2 is 2.05 bits per heavy atom. The van der Waals surface area contributed by atoms with Crippen molar-refractivity contribution in [3.05, 3.63) is 16.1 Å². The van der Waals surface area contributed by atoms with Crippen molar-refractivity contribution in [2.75, 3.05) is 6.61 Å². The third-order valence-corrected chi connectivity index (χ3v) is 5.11. The van der Waals surface area contributed by atoms with E-state index in [2.05, 4.69) is 17.3 Å². The van der Waals surface area contributed by atoms with Crippen LogP contribution in [0, 0.1) is 6.92 Å². The van der Waals surface area contributed by atoms with Crippen molar-refractivity contribution in [1.82, 2.24) is 4.98 Å². The fourth-order valence-corrected chi connectivity index (χ4v) is 3.94. The maximum absolute atomic E-state index is 6.52. The zero-order valence-electron chi connectivity index (χ0n) is 12.2. The molecule has 0 amide bonds. The minimum Gasteiger partial charge on any atom is -0.374 e. The van der Waals surface area contributed by atoms with Crippen molar-refractivity contribution >= 4 is 11.3 Å². The second-order valence-electron chi connectivity index (χ2n) is 5.61. The summed E-state index contributed by atoms with van der Waals surface area (Å²) >= 11 is 1.72. The van der Waals surface area contributed by atoms with Gasteiger partial charge < -0.3 is 10.5 Å². The predicted octanol–water partition coefficient (Wildman–Crippen LogP) is 3.45. The number of aromatic nitrogens is 1. The summed E-state index contributed by atoms with van der Waals surface area (Å²) in [7, 11) is 0. The first-order chi connectivity index (χ1) is 9.16. The number of aryl methyl sites for hydroxylation is 1. The van der Waals surface area contributed by atoms with Crippen LogP contribution in [-0.2, 0) is 11.2 Å². The number of nitrogens with zero attached hydrogens (tertiary/aromatic N) is 1. The van der Waals surface area contributed by atoms with Crippen LogP contribution < -0.4 is 5.73 Å². The Kier molecular flexibility index (Phi) is 5.37. The highest BCUT2D eigenvalue weighted by Crippen LogP contribution is 2.34. The highest BCUT2D eigenvalue weighted by molar-refractivity contribution is 7.09. The summed E-state index contributed by atoms with van der Waals surface area (Å²) < 4.78 is 6.14. The standard InChI is InChI=1S/C15H26N2OS/c1-3-18-15(8-6-4-5-7-9-15)13(16)10-14-17-12(2)11-19-14/h11,13H,3-10,16H2,1-2H3. The van der Waals surface area contributed by atoms with E-state index in [9.17, 15) is 0 Å². The van der Waals surface area contributed by atoms with E-state index in [0.29, 0.717) is 0 Å². The fourth-order valence-electron chi connectivity index (χ4n) is 3.11. The summed E-state index contributed by atoms with van der Waals surface area (Å²) in [4.78, 5) is 4.54. The average Bonchev–Trinajstić information content (AvgIpc) is 2.65. The van der Waals surface area contributed by atoms with Crippen molar-refractivity contribution in [1.29, 1.82) is 0 Å². The minimum atomic E-state index is -0.120. The van der Waals surface area contributed by atoms with Crippen LogP contribution in [-0.4, -0.2) is 23.2 Å². The number of ether oxygens (including phenoxy) is 1. The number of rotatable bonds is 5. The first-order valence-electron chi connectivity index (χ1n) is 7.47. The molecule has 1 aliphatic carbocycles. The van der Waals surface area contributed by atoms with E-state index in [-0.39, 0.29) is 11.6 Å². The molecule has 0 spiro atoms. The molecule has 0 saturated heterocycles. The average molecular weight is 282 g/mol. The molecule has 2 N–H and O–H groups in total. The van der Waals surface area contributed by atoms with Crippen LogP contribution in [0.3, 0.4) is 0 Å². The van der Waals surface area contributed by atoms with Crippen LogP contribution in [0.2, 0.25) is 0 Å². The number of hydrogen-bond acceptors (Lipinski definition) is 4. The predicted molar refractivity (Wildman–Crippen MR) is 80.6 cm³/mol. The highest BCUT2D eigenvalue weighted by Gasteiger charge is 2.38. The Bertz CT molecular complexity index is 383. The lowest BCUT2D eigenvalue weighted by Crippen LogP contribution is -2.51. The van der Waals surface area contributed by atoms with Crippen LogP contribution in [0.4, 0.5) is 0 Å². The molecule has 2 rings (SSSR count). The summed E-state index contributed by atoms with van der Waals surface area (Å²) in [6, 6.07) is 0.0658. The number of hydrogen-bond donors (Lipinski definition) is 1. The molecule has 1 aliphatic rings. The van der Waals surface area contributed by atoms with Crippen molar-refractivity contribution in [2.45, 2.75) is 70.4 Å². The summed E-state index contributed by atoms with van der Waals surface area (Å²) in [6.07, 6.45) is 8.17. The summed E-state index contributed by atoms with van der Waals surface area (Å²) in [5, 5.41) is 3.25. The zero-order chi connectivity index (χ0) is 13.7. The van der Waals surface area contributed by atoms with Gasteiger partial charge in [0.05, 0.1) is 10.6 Å². The van der Waals surface area contributed by atoms with E-state index in [1.54, 1.807) is 11.3 Å². The Balaban J connectivity index is 2.08. The second kappa shape index (κ2) is 6.82. The molecule has 0 bridgehead atoms. The van der Waals surface area contributed by atoms with E-state index in [1.807, 2.05) is 6.92 Å². The van der Waals surface area contributed by atoms with Gasteiger partial charge in [0.1, 0.15) is 0 Å². The monoisotopic (exact) mass is 282 g/mol. The molecule has 1 unspecified atom stereocenters. The van der Waals surface area contributed by atoms with E-state index < -0.39 is 0 Å². The lowest BCUT2D eigenvalue weighted by molar-refractivity contribution is -0.0683. The molecular weight excluding hydrogens is 256 g/mol. The van der Waals surface area contributed by atoms with Gasteiger partial charge in [-0.15, -0.1) is 11.3 Å². The van der Waals surface area contributed by atoms with Gasteiger partial charge >= 0.3 is 0 Å². The highest BCUT2D eigenvalue weighted by atomic mass is 32.1. The number of nitrogens with two attached hydrogens (primary N) is 1. The van der Waals surface area contributed by atoms with Crippen molar-refractivity contribution in [3.8, 4) is 0 Å². The summed E-state index contributed by atoms with van der Waals surface area (Å²) in [5.74, 6) is 0. The Morgan fingerprint density at radius 3 is 2.58 bits per heavy atom. The molecule has 0 radical (unpaired) electrons. The Morgan fingerprint density at radius 1 is 1.37 bits per heavy atom. The molecule has 0 aliphatic heterocycles. The van der Waals surface area contributed by atoms with Gasteiger partial charge in [-0.2, -0.15) is 0 Å². The summed E-state index contributed by atoms with van der Waals surface area (Å²) in [5.41, 5.74) is 7.50. The Hall–Kier alpha value is -0.450. The van der Waals surface area contributed by atoms with Gasteiger partial charge in [0.25, 0.3) is 0 Å². The van der Waals surface area contributed by atoms with E-state index in [1.165, 1.54) is 25.7 Å². The third kappa shape index (κ3) is 3.77. The van der Waals surface area contributed by atoms with Crippen molar-refractivity contribution < 1.29 is 4.74 Å². The zero-order valence-corrected chi connectivity index (χ0v) is 13.0. The minimum absolute atomic E-state index is 0.0658. The van der Waals surface area contributed by atoms with Crippen LogP contribution in [0.25, 0.3) is 0 Å². The normalized spacial score (nSPS) is 21.0. The van der Waals surface area contributed by atoms with Crippen LogP contribution in [0.1, 0.15) is 56.2 Å². The Labute approximate surface area is 120 Å². The third-order valence-electron chi connectivity index (χ3n) is 4.12. The fraction of sp³-hybridized carbons (Fsp3) is 0.800. The van der Waals surface area contributed by atoms with E-state index in [0.717, 1.165) is 36.6 Å². The molecule has 1 saturated carbocycles. The maximum atomic E-state index is 6.52. The van der Waals surface area contributed by atoms with E-state index in [4.69, 9.17) is 10.5 Å². The van der Waals surface area contributed by atoms with Crippen LogP contribution >= 0.6 is 11.3 Å². The lowest BCUT2D eigenvalue weighted by atomic mass is 9.85. The topological polar surface area (TPSA) is 48.1 Å². The van der Waals surface area contributed by atoms with E-state index >= 15 is 0 Å². The van der Waals surface area contributed by atoms with Gasteiger partial charge in [0, 0.05) is 30.1 Å². The molecule has 3 nitrogen and oxygen atoms in total. The lowest BCUT2D eigenvalue weighted by Gasteiger charge is -2.38. The van der Waals surface area contributed by atoms with Gasteiger partial charge in [-0.05, 0) is 26.7 Å². The largest absolute Gasteiger partial charge is 0.374 e. The first-order valence-corrected chi connectivity index (χ1v) is 8.35. The van der Waals surface area contributed by atoms with Crippen molar-refractivity contribution in [3.63, 3.8) is 0 Å². The summed E-state index contributed by atoms with van der Waals surface area (Å²) in [6.45, 7) is 4.87. The van der Waals surface area contributed by atoms with Crippen LogP contribution in [0.15, 0.2) is 5.38 Å². The molecule has 19 heavy (non-hydrogen) atoms. The second-order valence-corrected chi connectivity index (χ2v) is 6.55. The molecule has 1 aromatic heterocycles. The maximum Gasteiger partial charge on any atom is 0.0944 e.